The second-order valence-electron chi connectivity index (χ2n) is 7.44. The number of rotatable bonds is 6. The summed E-state index contributed by atoms with van der Waals surface area (Å²) < 4.78 is 5.54. The van der Waals surface area contributed by atoms with Gasteiger partial charge in [0.25, 0.3) is 11.8 Å². The number of carbonyl (C=O) groups excluding carboxylic acids is 3. The van der Waals surface area contributed by atoms with Gasteiger partial charge in [0.15, 0.2) is 6.10 Å². The third kappa shape index (κ3) is 5.36. The van der Waals surface area contributed by atoms with Crippen LogP contribution in [0.2, 0.25) is 0 Å². The minimum absolute atomic E-state index is 0.0848. The topological polar surface area (TPSA) is 120 Å². The molecule has 0 radical (unpaired) electrons. The van der Waals surface area contributed by atoms with E-state index in [1.54, 1.807) is 73.7 Å². The van der Waals surface area contributed by atoms with Crippen LogP contribution in [0.3, 0.4) is 0 Å². The summed E-state index contributed by atoms with van der Waals surface area (Å²) in [4.78, 5) is 37.8. The van der Waals surface area contributed by atoms with E-state index in [1.807, 2.05) is 6.07 Å². The number of anilines is 3. The Morgan fingerprint density at radius 1 is 1.06 bits per heavy atom. The lowest BCUT2D eigenvalue weighted by molar-refractivity contribution is -0.122. The zero-order valence-corrected chi connectivity index (χ0v) is 18.9. The number of fused-ring (bicyclic) bond motifs is 1. The van der Waals surface area contributed by atoms with Crippen LogP contribution >= 0.6 is 11.8 Å². The fraction of sp³-hybridized carbons (Fsp3) is 0.120. The van der Waals surface area contributed by atoms with Gasteiger partial charge in [-0.3, -0.25) is 14.4 Å². The monoisotopic (exact) mass is 472 g/mol. The molecule has 0 unspecified atom stereocenters. The molecular weight excluding hydrogens is 452 g/mol. The van der Waals surface area contributed by atoms with E-state index in [0.717, 1.165) is 0 Å². The lowest BCUT2D eigenvalue weighted by atomic mass is 10.2. The summed E-state index contributed by atoms with van der Waals surface area (Å²) in [5.41, 5.74) is 2.39. The van der Waals surface area contributed by atoms with Crippen molar-refractivity contribution in [1.82, 2.24) is 0 Å². The van der Waals surface area contributed by atoms with Gasteiger partial charge in [-0.05, 0) is 55.5 Å². The Balaban J connectivity index is 1.41. The maximum absolute atomic E-state index is 13.0. The van der Waals surface area contributed by atoms with Crippen molar-refractivity contribution in [3.8, 4) is 11.8 Å². The summed E-state index contributed by atoms with van der Waals surface area (Å²) in [6, 6.07) is 20.7. The summed E-state index contributed by atoms with van der Waals surface area (Å²) in [7, 11) is 0. The number of nitrogens with zero attached hydrogens (tertiary/aromatic N) is 1. The normalized spacial score (nSPS) is 14.1. The SMILES string of the molecule is C[C@H]1Oc2ccc(NC(=O)c3ccccc3SCC(=O)Nc3cccc(C#N)c3)cc2NC1=O. The van der Waals surface area contributed by atoms with Gasteiger partial charge in [-0.15, -0.1) is 11.8 Å². The van der Waals surface area contributed by atoms with Crippen molar-refractivity contribution in [3.05, 3.63) is 77.9 Å². The van der Waals surface area contributed by atoms with Gasteiger partial charge in [0, 0.05) is 16.3 Å². The number of ether oxygens (including phenoxy) is 1. The largest absolute Gasteiger partial charge is 0.479 e. The van der Waals surface area contributed by atoms with Crippen molar-refractivity contribution >= 4 is 46.5 Å². The predicted molar refractivity (Wildman–Crippen MR) is 130 cm³/mol. The molecule has 34 heavy (non-hydrogen) atoms. The average molecular weight is 473 g/mol. The van der Waals surface area contributed by atoms with Crippen LogP contribution in [-0.2, 0) is 9.59 Å². The van der Waals surface area contributed by atoms with Crippen molar-refractivity contribution in [3.63, 3.8) is 0 Å². The smallest absolute Gasteiger partial charge is 0.265 e. The molecule has 4 rings (SSSR count). The summed E-state index contributed by atoms with van der Waals surface area (Å²) >= 11 is 1.23. The first kappa shape index (κ1) is 22.9. The third-order valence-electron chi connectivity index (χ3n) is 4.93. The van der Waals surface area contributed by atoms with Crippen molar-refractivity contribution in [2.75, 3.05) is 21.7 Å². The highest BCUT2D eigenvalue weighted by Gasteiger charge is 2.24. The molecule has 0 aromatic heterocycles. The lowest BCUT2D eigenvalue weighted by Crippen LogP contribution is -2.34. The molecule has 8 nitrogen and oxygen atoms in total. The molecule has 1 aliphatic heterocycles. The molecule has 3 N–H and O–H groups in total. The van der Waals surface area contributed by atoms with E-state index in [-0.39, 0.29) is 23.5 Å². The molecule has 170 valence electrons. The highest BCUT2D eigenvalue weighted by Crippen LogP contribution is 2.32. The van der Waals surface area contributed by atoms with Crippen LogP contribution < -0.4 is 20.7 Å². The van der Waals surface area contributed by atoms with Crippen LogP contribution in [0.1, 0.15) is 22.8 Å². The molecule has 0 bridgehead atoms. The molecule has 0 saturated heterocycles. The Morgan fingerprint density at radius 2 is 1.85 bits per heavy atom. The summed E-state index contributed by atoms with van der Waals surface area (Å²) in [5.74, 6) is -0.235. The van der Waals surface area contributed by atoms with Crippen LogP contribution in [0.15, 0.2) is 71.6 Å². The van der Waals surface area contributed by atoms with E-state index in [9.17, 15) is 14.4 Å². The summed E-state index contributed by atoms with van der Waals surface area (Å²) in [5, 5.41) is 17.3. The van der Waals surface area contributed by atoms with Crippen molar-refractivity contribution in [1.29, 1.82) is 5.26 Å². The van der Waals surface area contributed by atoms with Gasteiger partial charge in [0.2, 0.25) is 5.91 Å². The number of thioether (sulfide) groups is 1. The third-order valence-corrected chi connectivity index (χ3v) is 6.01. The Labute approximate surface area is 200 Å². The lowest BCUT2D eigenvalue weighted by Gasteiger charge is -2.23. The summed E-state index contributed by atoms with van der Waals surface area (Å²) in [6.45, 7) is 1.66. The Hall–Kier alpha value is -4.29. The van der Waals surface area contributed by atoms with Crippen LogP contribution in [0.5, 0.6) is 5.75 Å². The van der Waals surface area contributed by atoms with Gasteiger partial charge >= 0.3 is 0 Å². The first-order chi connectivity index (χ1) is 16.4. The number of benzene rings is 3. The second-order valence-corrected chi connectivity index (χ2v) is 8.46. The van der Waals surface area contributed by atoms with Gasteiger partial charge in [-0.25, -0.2) is 0 Å². The van der Waals surface area contributed by atoms with Crippen molar-refractivity contribution < 1.29 is 19.1 Å². The Morgan fingerprint density at radius 3 is 2.68 bits per heavy atom. The Bertz CT molecular complexity index is 1320. The second kappa shape index (κ2) is 10.1. The zero-order valence-electron chi connectivity index (χ0n) is 18.1. The zero-order chi connectivity index (χ0) is 24.1. The predicted octanol–water partition coefficient (Wildman–Crippen LogP) is 4.26. The molecule has 1 atom stereocenters. The number of amides is 3. The highest BCUT2D eigenvalue weighted by molar-refractivity contribution is 8.00. The van der Waals surface area contributed by atoms with Gasteiger partial charge in [-0.2, -0.15) is 5.26 Å². The fourth-order valence-corrected chi connectivity index (χ4v) is 4.12. The van der Waals surface area contributed by atoms with Gasteiger partial charge < -0.3 is 20.7 Å². The van der Waals surface area contributed by atoms with Crippen molar-refractivity contribution in [2.24, 2.45) is 0 Å². The standard InChI is InChI=1S/C25H20N4O4S/c1-15-24(31)29-20-12-18(9-10-21(20)33-15)28-25(32)19-7-2-3-8-22(19)34-14-23(30)27-17-6-4-5-16(11-17)13-26/h2-12,15H,14H2,1H3,(H,27,30)(H,28,32)(H,29,31)/t15-/m1/s1. The average Bonchev–Trinajstić information content (AvgIpc) is 2.84. The minimum atomic E-state index is -0.579. The van der Waals surface area contributed by atoms with Crippen LogP contribution in [-0.4, -0.2) is 29.6 Å². The highest BCUT2D eigenvalue weighted by atomic mass is 32.2. The van der Waals surface area contributed by atoms with Gasteiger partial charge in [-0.1, -0.05) is 18.2 Å². The first-order valence-electron chi connectivity index (χ1n) is 10.4. The molecule has 0 aliphatic carbocycles. The van der Waals surface area contributed by atoms with E-state index in [0.29, 0.717) is 38.8 Å². The first-order valence-corrected chi connectivity index (χ1v) is 11.4. The molecule has 0 fully saturated rings. The maximum atomic E-state index is 13.0. The van der Waals surface area contributed by atoms with E-state index in [2.05, 4.69) is 16.0 Å². The number of carbonyl (C=O) groups is 3. The Kier molecular flexibility index (Phi) is 6.80. The molecule has 0 saturated carbocycles. The molecule has 3 aromatic carbocycles. The number of hydrogen-bond acceptors (Lipinski definition) is 6. The molecule has 9 heteroatoms. The number of hydrogen-bond donors (Lipinski definition) is 3. The molecule has 3 aromatic rings. The van der Waals surface area contributed by atoms with Crippen molar-refractivity contribution in [2.45, 2.75) is 17.9 Å². The molecule has 3 amide bonds. The minimum Gasteiger partial charge on any atom is -0.479 e. The van der Waals surface area contributed by atoms with Gasteiger partial charge in [0.05, 0.1) is 28.6 Å². The van der Waals surface area contributed by atoms with Crippen LogP contribution in [0, 0.1) is 11.3 Å². The molecule has 0 spiro atoms. The maximum Gasteiger partial charge on any atom is 0.265 e. The van der Waals surface area contributed by atoms with E-state index < -0.39 is 6.10 Å². The van der Waals surface area contributed by atoms with Crippen LogP contribution in [0.25, 0.3) is 0 Å². The van der Waals surface area contributed by atoms with E-state index in [4.69, 9.17) is 10.00 Å². The van der Waals surface area contributed by atoms with E-state index >= 15 is 0 Å². The fourth-order valence-electron chi connectivity index (χ4n) is 3.27. The molecular formula is C25H20N4O4S. The molecule has 1 heterocycles. The summed E-state index contributed by atoms with van der Waals surface area (Å²) in [6.07, 6.45) is -0.579. The quantitative estimate of drug-likeness (QED) is 0.461. The number of nitrogens with one attached hydrogen (secondary N) is 3. The van der Waals surface area contributed by atoms with Gasteiger partial charge in [0.1, 0.15) is 5.75 Å². The van der Waals surface area contributed by atoms with Crippen LogP contribution in [0.4, 0.5) is 17.1 Å². The molecule has 1 aliphatic rings. The van der Waals surface area contributed by atoms with E-state index in [1.165, 1.54) is 11.8 Å². The number of nitriles is 1.